The molecule has 0 unspecified atom stereocenters. The predicted molar refractivity (Wildman–Crippen MR) is 111 cm³/mol. The van der Waals surface area contributed by atoms with Crippen LogP contribution in [0.25, 0.3) is 0 Å². The molecular formula is C23H19NO5S. The van der Waals surface area contributed by atoms with E-state index in [1.165, 1.54) is 36.4 Å². The molecule has 1 aliphatic heterocycles. The summed E-state index contributed by atoms with van der Waals surface area (Å²) in [6.45, 7) is 1.87. The number of hydrogen-bond donors (Lipinski definition) is 2. The summed E-state index contributed by atoms with van der Waals surface area (Å²) in [5.74, 6) is -1.13. The van der Waals surface area contributed by atoms with E-state index in [9.17, 15) is 23.1 Å². The molecule has 0 aliphatic carbocycles. The van der Waals surface area contributed by atoms with E-state index in [0.717, 1.165) is 5.56 Å². The van der Waals surface area contributed by atoms with Crippen LogP contribution in [0.3, 0.4) is 0 Å². The van der Waals surface area contributed by atoms with E-state index in [1.54, 1.807) is 36.4 Å². The molecule has 3 aromatic carbocycles. The number of aliphatic hydroxyl groups is 1. The van der Waals surface area contributed by atoms with Crippen molar-refractivity contribution in [2.24, 2.45) is 0 Å². The number of hydrogen-bond acceptors (Lipinski definition) is 5. The fraction of sp³-hybridized carbons (Fsp3) is 0.130. The molecule has 4 rings (SSSR count). The Balaban J connectivity index is 1.58. The first-order valence-electron chi connectivity index (χ1n) is 9.30. The Morgan fingerprint density at radius 1 is 0.933 bits per heavy atom. The maximum atomic E-state index is 12.8. The topological polar surface area (TPSA) is 101 Å². The molecule has 152 valence electrons. The van der Waals surface area contributed by atoms with Crippen LogP contribution < -0.4 is 5.32 Å². The number of sulfone groups is 1. The van der Waals surface area contributed by atoms with Gasteiger partial charge < -0.3 is 10.4 Å². The van der Waals surface area contributed by atoms with Gasteiger partial charge in [-0.25, -0.2) is 8.42 Å². The largest absolute Gasteiger partial charge is 0.375 e. The highest BCUT2D eigenvalue weighted by atomic mass is 32.2. The number of anilines is 1. The lowest BCUT2D eigenvalue weighted by atomic mass is 9.88. The maximum Gasteiger partial charge on any atom is 0.261 e. The molecule has 2 N–H and O–H groups in total. The number of aryl methyl sites for hydroxylation is 1. The number of fused-ring (bicyclic) bond motifs is 1. The molecular weight excluding hydrogens is 402 g/mol. The molecule has 3 aromatic rings. The van der Waals surface area contributed by atoms with Gasteiger partial charge in [-0.05, 0) is 37.3 Å². The Bertz CT molecular complexity index is 1250. The summed E-state index contributed by atoms with van der Waals surface area (Å²) in [5.41, 5.74) is 0.0217. The van der Waals surface area contributed by atoms with Crippen LogP contribution in [0, 0.1) is 6.92 Å². The number of Topliss-reactive ketones (excluding diaryl/α,β-unsaturated/α-hetero) is 1. The summed E-state index contributed by atoms with van der Waals surface area (Å²) >= 11 is 0. The van der Waals surface area contributed by atoms with Gasteiger partial charge >= 0.3 is 0 Å². The first kappa shape index (κ1) is 20.0. The van der Waals surface area contributed by atoms with Crippen molar-refractivity contribution >= 4 is 27.2 Å². The lowest BCUT2D eigenvalue weighted by molar-refractivity contribution is -0.133. The molecule has 7 heteroatoms. The summed E-state index contributed by atoms with van der Waals surface area (Å²) in [6.07, 6.45) is -0.445. The standard InChI is InChI=1S/C23H19NO5S/c1-15-6-10-17(11-7-15)30(28,29)18-12-8-16(9-13-18)21(25)14-23(27)19-4-2-3-5-20(19)24-22(23)26/h2-13,27H,14H2,1H3,(H,24,26)/t23-/m0/s1. The van der Waals surface area contributed by atoms with E-state index < -0.39 is 33.5 Å². The normalized spacial score (nSPS) is 18.0. The van der Waals surface area contributed by atoms with E-state index in [1.807, 2.05) is 6.92 Å². The number of amides is 1. The molecule has 0 aromatic heterocycles. The molecule has 0 fully saturated rings. The highest BCUT2D eigenvalue weighted by molar-refractivity contribution is 7.91. The molecule has 6 nitrogen and oxygen atoms in total. The molecule has 0 radical (unpaired) electrons. The van der Waals surface area contributed by atoms with Crippen molar-refractivity contribution in [3.8, 4) is 0 Å². The number of para-hydroxylation sites is 1. The molecule has 1 aliphatic rings. The number of nitrogens with one attached hydrogen (secondary N) is 1. The molecule has 0 saturated carbocycles. The third-order valence-electron chi connectivity index (χ3n) is 5.23. The van der Waals surface area contributed by atoms with Crippen LogP contribution in [0.4, 0.5) is 5.69 Å². The number of carbonyl (C=O) groups excluding carboxylic acids is 2. The zero-order chi connectivity index (χ0) is 21.5. The van der Waals surface area contributed by atoms with Gasteiger partial charge in [-0.2, -0.15) is 0 Å². The van der Waals surface area contributed by atoms with Gasteiger partial charge in [-0.15, -0.1) is 0 Å². The SMILES string of the molecule is Cc1ccc(S(=O)(=O)c2ccc(C(=O)C[C@@]3(O)C(=O)Nc4ccccc43)cc2)cc1. The van der Waals surface area contributed by atoms with Gasteiger partial charge in [0.05, 0.1) is 16.2 Å². The average Bonchev–Trinajstić information content (AvgIpc) is 2.98. The second kappa shape index (κ2) is 7.19. The van der Waals surface area contributed by atoms with Crippen LogP contribution in [0.5, 0.6) is 0 Å². The smallest absolute Gasteiger partial charge is 0.261 e. The lowest BCUT2D eigenvalue weighted by Crippen LogP contribution is -2.36. The third-order valence-corrected chi connectivity index (χ3v) is 7.02. The van der Waals surface area contributed by atoms with E-state index in [-0.39, 0.29) is 15.4 Å². The van der Waals surface area contributed by atoms with Gasteiger partial charge in [0.1, 0.15) is 0 Å². The number of benzene rings is 3. The Hall–Kier alpha value is -3.29. The first-order chi connectivity index (χ1) is 14.2. The summed E-state index contributed by atoms with van der Waals surface area (Å²) in [6, 6.07) is 18.7. The van der Waals surface area contributed by atoms with Crippen molar-refractivity contribution in [3.05, 3.63) is 89.5 Å². The summed E-state index contributed by atoms with van der Waals surface area (Å²) < 4.78 is 25.5. The van der Waals surface area contributed by atoms with Crippen molar-refractivity contribution in [2.45, 2.75) is 28.7 Å². The molecule has 1 amide bonds. The van der Waals surface area contributed by atoms with Crippen LogP contribution in [0.1, 0.15) is 27.9 Å². The monoisotopic (exact) mass is 421 g/mol. The van der Waals surface area contributed by atoms with Crippen molar-refractivity contribution in [1.82, 2.24) is 0 Å². The first-order valence-corrected chi connectivity index (χ1v) is 10.8. The average molecular weight is 421 g/mol. The highest BCUT2D eigenvalue weighted by Crippen LogP contribution is 2.38. The summed E-state index contributed by atoms with van der Waals surface area (Å²) in [7, 11) is -3.71. The number of rotatable bonds is 5. The lowest BCUT2D eigenvalue weighted by Gasteiger charge is -2.20. The van der Waals surface area contributed by atoms with Gasteiger partial charge in [0.2, 0.25) is 9.84 Å². The molecule has 0 saturated heterocycles. The summed E-state index contributed by atoms with van der Waals surface area (Å²) in [5, 5.41) is 13.4. The zero-order valence-electron chi connectivity index (χ0n) is 16.1. The van der Waals surface area contributed by atoms with E-state index in [4.69, 9.17) is 0 Å². The third kappa shape index (κ3) is 3.32. The Morgan fingerprint density at radius 3 is 2.13 bits per heavy atom. The maximum absolute atomic E-state index is 12.8. The van der Waals surface area contributed by atoms with Crippen LogP contribution in [-0.2, 0) is 20.2 Å². The fourth-order valence-corrected chi connectivity index (χ4v) is 4.75. The predicted octanol–water partition coefficient (Wildman–Crippen LogP) is 3.24. The van der Waals surface area contributed by atoms with Gasteiger partial charge in [0.15, 0.2) is 11.4 Å². The van der Waals surface area contributed by atoms with Crippen molar-refractivity contribution < 1.29 is 23.1 Å². The molecule has 1 atom stereocenters. The van der Waals surface area contributed by atoms with E-state index >= 15 is 0 Å². The van der Waals surface area contributed by atoms with E-state index in [0.29, 0.717) is 11.3 Å². The van der Waals surface area contributed by atoms with Crippen LogP contribution in [0.2, 0.25) is 0 Å². The molecule has 0 spiro atoms. The second-order valence-corrected chi connectivity index (χ2v) is 9.25. The number of ketones is 1. The minimum Gasteiger partial charge on any atom is -0.375 e. The highest BCUT2D eigenvalue weighted by Gasteiger charge is 2.46. The molecule has 1 heterocycles. The second-order valence-electron chi connectivity index (χ2n) is 7.30. The minimum absolute atomic E-state index is 0.0607. The Morgan fingerprint density at radius 2 is 1.50 bits per heavy atom. The van der Waals surface area contributed by atoms with E-state index in [2.05, 4.69) is 5.32 Å². The number of carbonyl (C=O) groups is 2. The van der Waals surface area contributed by atoms with Crippen LogP contribution in [-0.4, -0.2) is 25.2 Å². The zero-order valence-corrected chi connectivity index (χ0v) is 16.9. The Labute approximate surface area is 174 Å². The van der Waals surface area contributed by atoms with Gasteiger partial charge in [-0.1, -0.05) is 48.0 Å². The fourth-order valence-electron chi connectivity index (χ4n) is 3.48. The van der Waals surface area contributed by atoms with Crippen molar-refractivity contribution in [2.75, 3.05) is 5.32 Å². The minimum atomic E-state index is -3.71. The van der Waals surface area contributed by atoms with Crippen LogP contribution in [0.15, 0.2) is 82.6 Å². The molecule has 0 bridgehead atoms. The van der Waals surface area contributed by atoms with Gasteiger partial charge in [0, 0.05) is 16.8 Å². The quantitative estimate of drug-likeness (QED) is 0.616. The van der Waals surface area contributed by atoms with Crippen molar-refractivity contribution in [3.63, 3.8) is 0 Å². The molecule has 30 heavy (non-hydrogen) atoms. The van der Waals surface area contributed by atoms with Crippen molar-refractivity contribution in [1.29, 1.82) is 0 Å². The van der Waals surface area contributed by atoms with Crippen LogP contribution >= 0.6 is 0 Å². The van der Waals surface area contributed by atoms with Gasteiger partial charge in [0.25, 0.3) is 5.91 Å². The Kier molecular flexibility index (Phi) is 4.80. The van der Waals surface area contributed by atoms with Gasteiger partial charge in [-0.3, -0.25) is 9.59 Å². The summed E-state index contributed by atoms with van der Waals surface area (Å²) in [4.78, 5) is 25.3.